The molecule has 0 aromatic heterocycles. The number of ether oxygens (including phenoxy) is 3. The van der Waals surface area contributed by atoms with Crippen molar-refractivity contribution < 1.29 is 81.5 Å². The molecule has 0 radical (unpaired) electrons. The van der Waals surface area contributed by atoms with Gasteiger partial charge in [0.15, 0.2) is 6.10 Å². The molecule has 1 fully saturated rings. The van der Waals surface area contributed by atoms with E-state index in [1.165, 1.54) is 37.3 Å². The molecule has 3 rings (SSSR count). The third kappa shape index (κ3) is 12.2. The Morgan fingerprint density at radius 3 is 2.31 bits per heavy atom. The molecule has 2 aliphatic heterocycles. The Balaban J connectivity index is 1.70. The summed E-state index contributed by atoms with van der Waals surface area (Å²) in [7, 11) is -4.79. The molecule has 1 unspecified atom stereocenters. The van der Waals surface area contributed by atoms with Gasteiger partial charge in [-0.05, 0) is 23.8 Å². The SMILES string of the molecule is CC(=O)OC/C=C/c1ccc(O[C@@H]2O[C@H](C(=O)O)[C@@H](O)[C@H](O)[C@H]2O)c(NC(=O)CCNC(O)[C@H](CS(=O)(=O)O)NC(=O)CN2C(=O)C=CC2=O)c1. The quantitative estimate of drug-likeness (QED) is 0.0318. The highest BCUT2D eigenvalue weighted by Gasteiger charge is 2.48. The van der Waals surface area contributed by atoms with Crippen LogP contribution in [-0.2, 0) is 48.4 Å². The fraction of sp³-hybridized carbons (Fsp3) is 0.448. The number of esters is 1. The van der Waals surface area contributed by atoms with Crippen LogP contribution >= 0.6 is 0 Å². The third-order valence-electron chi connectivity index (χ3n) is 7.05. The van der Waals surface area contributed by atoms with Gasteiger partial charge in [-0.3, -0.25) is 38.7 Å². The van der Waals surface area contributed by atoms with Gasteiger partial charge in [-0.15, -0.1) is 0 Å². The maximum atomic E-state index is 12.9. The minimum atomic E-state index is -4.79. The Labute approximate surface area is 289 Å². The fourth-order valence-corrected chi connectivity index (χ4v) is 5.31. The first-order chi connectivity index (χ1) is 23.9. The fourth-order valence-electron chi connectivity index (χ4n) is 4.59. The number of carbonyl (C=O) groups is 6. The molecule has 1 aromatic carbocycles. The minimum Gasteiger partial charge on any atom is -0.479 e. The molecule has 0 saturated carbocycles. The zero-order valence-corrected chi connectivity index (χ0v) is 27.5. The number of imide groups is 1. The highest BCUT2D eigenvalue weighted by molar-refractivity contribution is 7.85. The molecule has 22 heteroatoms. The number of nitrogens with zero attached hydrogens (tertiary/aromatic N) is 1. The van der Waals surface area contributed by atoms with Gasteiger partial charge in [0.2, 0.25) is 18.1 Å². The number of hydrogen-bond donors (Lipinski definition) is 9. The second kappa shape index (κ2) is 17.9. The third-order valence-corrected chi connectivity index (χ3v) is 7.83. The molecule has 2 heterocycles. The lowest BCUT2D eigenvalue weighted by Crippen LogP contribution is -2.61. The molecule has 1 saturated heterocycles. The van der Waals surface area contributed by atoms with Crippen LogP contribution in [-0.4, -0.2) is 147 Å². The molecular weight excluding hydrogens is 708 g/mol. The van der Waals surface area contributed by atoms with Gasteiger partial charge >= 0.3 is 11.9 Å². The van der Waals surface area contributed by atoms with Crippen LogP contribution in [0.1, 0.15) is 18.9 Å². The van der Waals surface area contributed by atoms with Crippen LogP contribution in [0.3, 0.4) is 0 Å². The molecule has 0 aliphatic carbocycles. The molecule has 0 spiro atoms. The standard InChI is InChI=1S/C29H36N4O17S/c1-14(34)48-10-2-3-15-4-5-18(49-29-25(41)23(39)24(40)26(50-29)28(43)44)16(11-15)31-19(35)8-9-30-27(42)17(13-51(45,46)47)32-20(36)12-33-21(37)6-7-22(33)38/h2-7,11,17,23-27,29-30,39-42H,8-10,12-13H2,1H3,(H,31,35)(H,32,36)(H,43,44)(H,45,46,47)/b3-2+/t17-,23-,24-,25+,26-,27?,29+/m0/s1. The van der Waals surface area contributed by atoms with Crippen molar-refractivity contribution in [2.75, 3.05) is 30.8 Å². The highest BCUT2D eigenvalue weighted by Crippen LogP contribution is 2.31. The van der Waals surface area contributed by atoms with Gasteiger partial charge in [0.05, 0.1) is 17.5 Å². The normalized spacial score (nSPS) is 23.2. The second-order valence-electron chi connectivity index (χ2n) is 11.0. The lowest BCUT2D eigenvalue weighted by atomic mass is 9.99. The number of nitrogens with one attached hydrogen (secondary N) is 3. The zero-order chi connectivity index (χ0) is 38.0. The smallest absolute Gasteiger partial charge is 0.335 e. The lowest BCUT2D eigenvalue weighted by molar-refractivity contribution is -0.271. The van der Waals surface area contributed by atoms with Crippen LogP contribution < -0.4 is 20.7 Å². The van der Waals surface area contributed by atoms with E-state index in [0.29, 0.717) is 10.5 Å². The number of aliphatic hydroxyl groups is 4. The maximum Gasteiger partial charge on any atom is 0.335 e. The van der Waals surface area contributed by atoms with Crippen molar-refractivity contribution in [3.05, 3.63) is 42.0 Å². The first-order valence-corrected chi connectivity index (χ1v) is 16.5. The van der Waals surface area contributed by atoms with Crippen molar-refractivity contribution in [2.24, 2.45) is 0 Å². The molecule has 7 atom stereocenters. The average Bonchev–Trinajstić information content (AvgIpc) is 3.35. The van der Waals surface area contributed by atoms with E-state index in [9.17, 15) is 67.3 Å². The summed E-state index contributed by atoms with van der Waals surface area (Å²) in [6.07, 6.45) is -7.25. The van der Waals surface area contributed by atoms with Gasteiger partial charge in [-0.25, -0.2) is 4.79 Å². The summed E-state index contributed by atoms with van der Waals surface area (Å²) in [6, 6.07) is 2.39. The summed E-state index contributed by atoms with van der Waals surface area (Å²) in [5, 5.41) is 57.3. The monoisotopic (exact) mass is 744 g/mol. The number of carboxylic acids is 1. The van der Waals surface area contributed by atoms with Crippen LogP contribution in [0.15, 0.2) is 36.4 Å². The van der Waals surface area contributed by atoms with E-state index in [0.717, 1.165) is 12.2 Å². The Morgan fingerprint density at radius 2 is 1.71 bits per heavy atom. The van der Waals surface area contributed by atoms with Crippen molar-refractivity contribution in [3.63, 3.8) is 0 Å². The number of benzene rings is 1. The van der Waals surface area contributed by atoms with E-state index in [2.05, 4.69) is 16.0 Å². The van der Waals surface area contributed by atoms with Crippen molar-refractivity contribution in [1.82, 2.24) is 15.5 Å². The van der Waals surface area contributed by atoms with Crippen LogP contribution in [0.2, 0.25) is 0 Å². The van der Waals surface area contributed by atoms with Crippen molar-refractivity contribution in [2.45, 2.75) is 56.3 Å². The minimum absolute atomic E-state index is 0.0875. The largest absolute Gasteiger partial charge is 0.479 e. The molecule has 0 bridgehead atoms. The van der Waals surface area contributed by atoms with Gasteiger partial charge < -0.3 is 50.4 Å². The van der Waals surface area contributed by atoms with E-state index >= 15 is 0 Å². The summed E-state index contributed by atoms with van der Waals surface area (Å²) < 4.78 is 47.9. The van der Waals surface area contributed by atoms with E-state index < -0.39 is 107 Å². The Bertz CT molecular complexity index is 1650. The molecule has 21 nitrogen and oxygen atoms in total. The number of amides is 4. The molecule has 1 aromatic rings. The Kier molecular flexibility index (Phi) is 14.3. The first kappa shape index (κ1) is 40.6. The summed E-state index contributed by atoms with van der Waals surface area (Å²) in [6.45, 7) is -0.0694. The number of aliphatic hydroxyl groups excluding tert-OH is 4. The molecule has 2 aliphatic rings. The van der Waals surface area contributed by atoms with Gasteiger partial charge in [-0.2, -0.15) is 8.42 Å². The van der Waals surface area contributed by atoms with Gasteiger partial charge in [0.25, 0.3) is 21.9 Å². The van der Waals surface area contributed by atoms with Gasteiger partial charge in [0, 0.05) is 32.0 Å². The number of anilines is 1. The van der Waals surface area contributed by atoms with Crippen LogP contribution in [0.25, 0.3) is 6.08 Å². The molecular formula is C29H36N4O17S. The summed E-state index contributed by atoms with van der Waals surface area (Å²) >= 11 is 0. The van der Waals surface area contributed by atoms with Gasteiger partial charge in [-0.1, -0.05) is 12.1 Å². The zero-order valence-electron chi connectivity index (χ0n) is 26.6. The average molecular weight is 745 g/mol. The number of carbonyl (C=O) groups excluding carboxylic acids is 5. The summed E-state index contributed by atoms with van der Waals surface area (Å²) in [5.74, 6) is -7.01. The number of carboxylic acid groups (broad SMARTS) is 1. The van der Waals surface area contributed by atoms with E-state index in [-0.39, 0.29) is 24.6 Å². The van der Waals surface area contributed by atoms with Gasteiger partial charge in [0.1, 0.15) is 43.4 Å². The van der Waals surface area contributed by atoms with Crippen molar-refractivity contribution in [3.8, 4) is 5.75 Å². The van der Waals surface area contributed by atoms with Crippen LogP contribution in [0.4, 0.5) is 5.69 Å². The van der Waals surface area contributed by atoms with Crippen LogP contribution in [0, 0.1) is 0 Å². The summed E-state index contributed by atoms with van der Waals surface area (Å²) in [5.41, 5.74) is 0.328. The molecule has 4 amide bonds. The molecule has 280 valence electrons. The molecule has 9 N–H and O–H groups in total. The Morgan fingerprint density at radius 1 is 1.04 bits per heavy atom. The first-order valence-electron chi connectivity index (χ1n) is 14.9. The van der Waals surface area contributed by atoms with Crippen molar-refractivity contribution in [1.29, 1.82) is 0 Å². The van der Waals surface area contributed by atoms with E-state index in [1.54, 1.807) is 0 Å². The summed E-state index contributed by atoms with van der Waals surface area (Å²) in [4.78, 5) is 71.9. The van der Waals surface area contributed by atoms with Crippen molar-refractivity contribution >= 4 is 57.4 Å². The Hall–Kier alpha value is -4.81. The predicted octanol–water partition coefficient (Wildman–Crippen LogP) is -3.93. The number of hydrogen-bond acceptors (Lipinski definition) is 16. The maximum absolute atomic E-state index is 12.9. The van der Waals surface area contributed by atoms with E-state index in [4.69, 9.17) is 14.2 Å². The highest BCUT2D eigenvalue weighted by atomic mass is 32.2. The second-order valence-corrected chi connectivity index (χ2v) is 12.5. The predicted molar refractivity (Wildman–Crippen MR) is 169 cm³/mol. The van der Waals surface area contributed by atoms with E-state index in [1.807, 2.05) is 0 Å². The van der Waals surface area contributed by atoms with Crippen LogP contribution in [0.5, 0.6) is 5.75 Å². The lowest BCUT2D eigenvalue weighted by Gasteiger charge is -2.38. The molecule has 51 heavy (non-hydrogen) atoms. The number of rotatable bonds is 17. The topological polar surface area (TPSA) is 325 Å². The number of aliphatic carboxylic acids is 1.